The fraction of sp³-hybridized carbons (Fsp3) is 0.125. The summed E-state index contributed by atoms with van der Waals surface area (Å²) in [5.41, 5.74) is 3.58. The van der Waals surface area contributed by atoms with Crippen LogP contribution in [0.5, 0.6) is 0 Å². The summed E-state index contributed by atoms with van der Waals surface area (Å²) in [4.78, 5) is 37.0. The Bertz CT molecular complexity index is 1880. The topological polar surface area (TPSA) is 127 Å². The zero-order chi connectivity index (χ0) is 31.9. The molecule has 12 heteroatoms. The van der Waals surface area contributed by atoms with Crippen molar-refractivity contribution in [2.45, 2.75) is 24.0 Å². The van der Waals surface area contributed by atoms with Gasteiger partial charge >= 0.3 is 13.3 Å². The van der Waals surface area contributed by atoms with Crippen molar-refractivity contribution in [3.63, 3.8) is 0 Å². The van der Waals surface area contributed by atoms with Gasteiger partial charge in [0.15, 0.2) is 9.84 Å². The van der Waals surface area contributed by atoms with E-state index in [9.17, 15) is 27.5 Å². The van der Waals surface area contributed by atoms with Crippen LogP contribution in [-0.4, -0.2) is 37.5 Å². The number of sulfone groups is 1. The van der Waals surface area contributed by atoms with Crippen molar-refractivity contribution < 1.29 is 32.2 Å². The number of rotatable bonds is 9. The Hall–Kier alpha value is -3.90. The standard InChI is InChI=1S/C32H26Cl2NO7PS/c1-44(40,41)26-14-8-11-23(17-26)20-29(32(37)42-21-22-9-4-2-5-10-22)35-31(36)30-27(33)18-24(19-28(30)34)15-16-43(38,39)25-12-6-3-7-13-25/h2-14,17-19,29H,20-21H2,1H3,(H,35,36)(H,38,39)/t29-/m0/s1. The van der Waals surface area contributed by atoms with E-state index >= 15 is 0 Å². The van der Waals surface area contributed by atoms with E-state index in [0.717, 1.165) is 11.8 Å². The Labute approximate surface area is 265 Å². The van der Waals surface area contributed by atoms with Gasteiger partial charge in [-0.1, -0.05) is 89.8 Å². The van der Waals surface area contributed by atoms with Crippen molar-refractivity contribution in [3.8, 4) is 11.6 Å². The molecule has 4 aromatic carbocycles. The molecule has 1 amide bonds. The van der Waals surface area contributed by atoms with Crippen LogP contribution in [0, 0.1) is 11.6 Å². The SMILES string of the molecule is CS(=O)(=O)c1cccc(C[C@H](NC(=O)c2c(Cl)cc(C#CP(=O)(O)c3ccccc3)cc2Cl)C(=O)OCc2ccccc2)c1. The second-order valence-corrected chi connectivity index (χ2v) is 14.4. The Morgan fingerprint density at radius 1 is 0.909 bits per heavy atom. The summed E-state index contributed by atoms with van der Waals surface area (Å²) < 4.78 is 42.3. The minimum atomic E-state index is -3.99. The van der Waals surface area contributed by atoms with Gasteiger partial charge in [0.2, 0.25) is 0 Å². The zero-order valence-corrected chi connectivity index (χ0v) is 26.5. The Balaban J connectivity index is 1.59. The van der Waals surface area contributed by atoms with E-state index in [1.165, 1.54) is 42.5 Å². The van der Waals surface area contributed by atoms with Gasteiger partial charge in [-0.15, -0.1) is 0 Å². The van der Waals surface area contributed by atoms with Crippen LogP contribution in [0.25, 0.3) is 0 Å². The second-order valence-electron chi connectivity index (χ2n) is 9.71. The molecule has 0 radical (unpaired) electrons. The minimum absolute atomic E-state index is 0.0536. The van der Waals surface area contributed by atoms with E-state index < -0.39 is 35.1 Å². The van der Waals surface area contributed by atoms with Gasteiger partial charge in [0, 0.05) is 23.5 Å². The predicted octanol–water partition coefficient (Wildman–Crippen LogP) is 5.39. The third-order valence-electron chi connectivity index (χ3n) is 6.31. The van der Waals surface area contributed by atoms with Gasteiger partial charge in [-0.2, -0.15) is 0 Å². The Morgan fingerprint density at radius 2 is 1.50 bits per heavy atom. The summed E-state index contributed by atoms with van der Waals surface area (Å²) in [5, 5.41) is 2.54. The number of hydrogen-bond acceptors (Lipinski definition) is 6. The highest BCUT2D eigenvalue weighted by Gasteiger charge is 2.27. The van der Waals surface area contributed by atoms with Crippen molar-refractivity contribution in [1.82, 2.24) is 5.32 Å². The smallest absolute Gasteiger partial charge is 0.329 e. The van der Waals surface area contributed by atoms with Crippen molar-refractivity contribution in [2.75, 3.05) is 6.26 Å². The molecule has 0 saturated carbocycles. The summed E-state index contributed by atoms with van der Waals surface area (Å²) in [7, 11) is -7.52. The predicted molar refractivity (Wildman–Crippen MR) is 170 cm³/mol. The number of hydrogen-bond donors (Lipinski definition) is 2. The van der Waals surface area contributed by atoms with Crippen molar-refractivity contribution in [1.29, 1.82) is 0 Å². The minimum Gasteiger partial charge on any atom is -0.459 e. The molecule has 0 aliphatic rings. The average molecular weight is 671 g/mol. The molecule has 4 aromatic rings. The number of nitrogens with one attached hydrogen (secondary N) is 1. The number of amides is 1. The highest BCUT2D eigenvalue weighted by atomic mass is 35.5. The molecule has 0 fully saturated rings. The Kier molecular flexibility index (Phi) is 10.7. The summed E-state index contributed by atoms with van der Waals surface area (Å²) >= 11 is 12.8. The lowest BCUT2D eigenvalue weighted by molar-refractivity contribution is -0.147. The first-order valence-electron chi connectivity index (χ1n) is 13.0. The van der Waals surface area contributed by atoms with Gasteiger partial charge < -0.3 is 14.9 Å². The van der Waals surface area contributed by atoms with E-state index in [2.05, 4.69) is 16.9 Å². The molecule has 1 unspecified atom stereocenters. The quantitative estimate of drug-likeness (QED) is 0.139. The molecule has 0 bridgehead atoms. The molecule has 2 atom stereocenters. The Morgan fingerprint density at radius 3 is 2.11 bits per heavy atom. The maximum atomic E-state index is 13.4. The molecule has 2 N–H and O–H groups in total. The fourth-order valence-corrected chi connectivity index (χ4v) is 6.42. The molecule has 44 heavy (non-hydrogen) atoms. The third kappa shape index (κ3) is 8.82. The normalized spacial score (nSPS) is 13.1. The van der Waals surface area contributed by atoms with E-state index in [0.29, 0.717) is 5.56 Å². The zero-order valence-electron chi connectivity index (χ0n) is 23.2. The molecule has 0 aliphatic carbocycles. The van der Waals surface area contributed by atoms with Crippen LogP contribution in [0.1, 0.15) is 27.0 Å². The first-order chi connectivity index (χ1) is 20.8. The molecule has 8 nitrogen and oxygen atoms in total. The molecule has 4 rings (SSSR count). The first kappa shape index (κ1) is 33.0. The van der Waals surface area contributed by atoms with E-state index in [1.807, 2.05) is 6.07 Å². The molecule has 0 aliphatic heterocycles. The summed E-state index contributed by atoms with van der Waals surface area (Å²) in [6.45, 7) is -0.0536. The van der Waals surface area contributed by atoms with Crippen LogP contribution in [-0.2, 0) is 37.0 Å². The number of benzene rings is 4. The third-order valence-corrected chi connectivity index (χ3v) is 9.43. The largest absolute Gasteiger partial charge is 0.459 e. The summed E-state index contributed by atoms with van der Waals surface area (Å²) in [5.74, 6) is 1.03. The van der Waals surface area contributed by atoms with E-state index in [4.69, 9.17) is 27.9 Å². The number of carbonyl (C=O) groups is 2. The van der Waals surface area contributed by atoms with Gasteiger partial charge in [0.05, 0.1) is 20.5 Å². The van der Waals surface area contributed by atoms with Gasteiger partial charge in [-0.3, -0.25) is 9.36 Å². The van der Waals surface area contributed by atoms with Gasteiger partial charge in [0.1, 0.15) is 12.6 Å². The summed E-state index contributed by atoms with van der Waals surface area (Å²) in [6.07, 6.45) is 0.978. The van der Waals surface area contributed by atoms with Crippen molar-refractivity contribution in [3.05, 3.63) is 129 Å². The fourth-order valence-electron chi connectivity index (χ4n) is 4.09. The van der Waals surface area contributed by atoms with Gasteiger partial charge in [0.25, 0.3) is 5.91 Å². The van der Waals surface area contributed by atoms with Crippen LogP contribution in [0.2, 0.25) is 10.0 Å². The van der Waals surface area contributed by atoms with Crippen molar-refractivity contribution in [2.24, 2.45) is 0 Å². The van der Waals surface area contributed by atoms with E-state index in [1.54, 1.807) is 48.5 Å². The van der Waals surface area contributed by atoms with Crippen LogP contribution < -0.4 is 10.6 Å². The number of esters is 1. The summed E-state index contributed by atoms with van der Waals surface area (Å²) in [6, 6.07) is 24.3. The monoisotopic (exact) mass is 669 g/mol. The maximum Gasteiger partial charge on any atom is 0.329 e. The number of halogens is 2. The highest BCUT2D eigenvalue weighted by molar-refractivity contribution is 7.90. The lowest BCUT2D eigenvalue weighted by Crippen LogP contribution is -2.43. The highest BCUT2D eigenvalue weighted by Crippen LogP contribution is 2.37. The van der Waals surface area contributed by atoms with Crippen LogP contribution >= 0.6 is 30.6 Å². The maximum absolute atomic E-state index is 13.4. The lowest BCUT2D eigenvalue weighted by atomic mass is 10.0. The van der Waals surface area contributed by atoms with Gasteiger partial charge in [-0.05, 0) is 53.2 Å². The van der Waals surface area contributed by atoms with Crippen LogP contribution in [0.3, 0.4) is 0 Å². The molecule has 0 heterocycles. The van der Waals surface area contributed by atoms with E-state index in [-0.39, 0.29) is 44.4 Å². The molecule has 0 saturated heterocycles. The van der Waals surface area contributed by atoms with Gasteiger partial charge in [-0.25, -0.2) is 13.2 Å². The number of ether oxygens (including phenoxy) is 1. The molecular weight excluding hydrogens is 644 g/mol. The molecule has 0 aromatic heterocycles. The number of carbonyl (C=O) groups excluding carboxylic acids is 2. The van der Waals surface area contributed by atoms with Crippen LogP contribution in [0.4, 0.5) is 0 Å². The molecule has 0 spiro atoms. The molecule has 226 valence electrons. The lowest BCUT2D eigenvalue weighted by Gasteiger charge is -2.19. The first-order valence-corrected chi connectivity index (χ1v) is 17.4. The van der Waals surface area contributed by atoms with Crippen LogP contribution in [0.15, 0.2) is 102 Å². The average Bonchev–Trinajstić information content (AvgIpc) is 2.99. The van der Waals surface area contributed by atoms with Crippen molar-refractivity contribution >= 4 is 57.6 Å². The second kappa shape index (κ2) is 14.3. The molecular formula is C32H26Cl2NO7PS.